The van der Waals surface area contributed by atoms with E-state index < -0.39 is 0 Å². The molecule has 3 N–H and O–H groups in total. The first kappa shape index (κ1) is 19.0. The summed E-state index contributed by atoms with van der Waals surface area (Å²) in [5, 5.41) is 3.78. The number of nitrogens with two attached hydrogens (primary N) is 1. The Bertz CT molecular complexity index is 894. The molecule has 0 spiro atoms. The number of benzene rings is 2. The average Bonchev–Trinajstić information content (AvgIpc) is 2.66. The smallest absolute Gasteiger partial charge is 0.229 e. The van der Waals surface area contributed by atoms with Gasteiger partial charge < -0.3 is 16.0 Å². The molecule has 1 heterocycles. The van der Waals surface area contributed by atoms with Crippen molar-refractivity contribution in [3.05, 3.63) is 70.9 Å². The lowest BCUT2D eigenvalue weighted by molar-refractivity contribution is 0.838. The molecule has 0 saturated carbocycles. The summed E-state index contributed by atoms with van der Waals surface area (Å²) in [4.78, 5) is 11.6. The Hall–Kier alpha value is -2.79. The number of nitrogens with zero attached hydrogens (tertiary/aromatic N) is 3. The van der Waals surface area contributed by atoms with Gasteiger partial charge in [0.05, 0.1) is 16.4 Å². The van der Waals surface area contributed by atoms with Crippen LogP contribution in [0, 0.1) is 0 Å². The van der Waals surface area contributed by atoms with Crippen LogP contribution in [0.25, 0.3) is 0 Å². The quantitative estimate of drug-likeness (QED) is 0.570. The van der Waals surface area contributed by atoms with Crippen molar-refractivity contribution in [1.29, 1.82) is 0 Å². The fraction of sp³-hybridized carbons (Fsp3) is 0.238. The largest absolute Gasteiger partial charge is 0.397 e. The van der Waals surface area contributed by atoms with Crippen LogP contribution in [-0.4, -0.2) is 23.1 Å². The third kappa shape index (κ3) is 4.89. The molecule has 6 heteroatoms. The summed E-state index contributed by atoms with van der Waals surface area (Å²) in [6.07, 6.45) is 0.745. The van der Waals surface area contributed by atoms with Gasteiger partial charge in [-0.3, -0.25) is 0 Å². The maximum Gasteiger partial charge on any atom is 0.229 e. The van der Waals surface area contributed by atoms with E-state index in [-0.39, 0.29) is 0 Å². The normalized spacial score (nSPS) is 10.6. The average molecular weight is 382 g/mol. The maximum atomic E-state index is 6.01. The van der Waals surface area contributed by atoms with E-state index in [0.717, 1.165) is 36.7 Å². The van der Waals surface area contributed by atoms with E-state index >= 15 is 0 Å². The zero-order chi connectivity index (χ0) is 19.2. The van der Waals surface area contributed by atoms with E-state index in [9.17, 15) is 0 Å². The molecule has 0 bridgehead atoms. The summed E-state index contributed by atoms with van der Waals surface area (Å²) < 4.78 is 0. The predicted octanol–water partition coefficient (Wildman–Crippen LogP) is 4.89. The summed E-state index contributed by atoms with van der Waals surface area (Å²) in [6.45, 7) is 6.00. The number of anilines is 4. The van der Waals surface area contributed by atoms with Crippen molar-refractivity contribution in [3.8, 4) is 0 Å². The highest BCUT2D eigenvalue weighted by atomic mass is 35.5. The van der Waals surface area contributed by atoms with Crippen LogP contribution in [-0.2, 0) is 6.42 Å². The Balaban J connectivity index is 1.94. The molecule has 1 aromatic heterocycles. The number of halogens is 1. The molecule has 27 heavy (non-hydrogen) atoms. The summed E-state index contributed by atoms with van der Waals surface area (Å²) in [7, 11) is 0. The number of hydrogen-bond acceptors (Lipinski definition) is 5. The van der Waals surface area contributed by atoms with Crippen LogP contribution in [0.5, 0.6) is 0 Å². The van der Waals surface area contributed by atoms with E-state index in [2.05, 4.69) is 42.3 Å². The molecule has 0 unspecified atom stereocenters. The van der Waals surface area contributed by atoms with Gasteiger partial charge in [0, 0.05) is 31.3 Å². The van der Waals surface area contributed by atoms with Crippen LogP contribution in [0.4, 0.5) is 23.1 Å². The summed E-state index contributed by atoms with van der Waals surface area (Å²) in [6, 6.07) is 17.8. The van der Waals surface area contributed by atoms with Crippen LogP contribution in [0.1, 0.15) is 25.1 Å². The molecule has 0 radical (unpaired) electrons. The van der Waals surface area contributed by atoms with Gasteiger partial charge in [-0.05, 0) is 37.6 Å². The minimum Gasteiger partial charge on any atom is -0.397 e. The molecule has 0 aliphatic heterocycles. The Morgan fingerprint density at radius 2 is 1.74 bits per heavy atom. The lowest BCUT2D eigenvalue weighted by Crippen LogP contribution is -2.23. The Morgan fingerprint density at radius 3 is 2.41 bits per heavy atom. The predicted molar refractivity (Wildman–Crippen MR) is 114 cm³/mol. The highest BCUT2D eigenvalue weighted by Gasteiger charge is 2.11. The zero-order valence-corrected chi connectivity index (χ0v) is 16.4. The molecule has 0 fully saturated rings. The molecular formula is C21H24ClN5. The van der Waals surface area contributed by atoms with Crippen molar-refractivity contribution >= 4 is 34.7 Å². The second-order valence-corrected chi connectivity index (χ2v) is 6.64. The van der Waals surface area contributed by atoms with E-state index in [1.165, 1.54) is 5.56 Å². The number of rotatable bonds is 7. The minimum absolute atomic E-state index is 0.520. The maximum absolute atomic E-state index is 6.01. The first-order valence-electron chi connectivity index (χ1n) is 9.08. The van der Waals surface area contributed by atoms with Gasteiger partial charge in [-0.25, -0.2) is 4.98 Å². The molecule has 5 nitrogen and oxygen atoms in total. The van der Waals surface area contributed by atoms with E-state index in [4.69, 9.17) is 27.3 Å². The lowest BCUT2D eigenvalue weighted by Gasteiger charge is -2.21. The van der Waals surface area contributed by atoms with Crippen LogP contribution in [0.2, 0.25) is 5.02 Å². The lowest BCUT2D eigenvalue weighted by atomic mass is 10.1. The second-order valence-electron chi connectivity index (χ2n) is 6.24. The Labute approximate surface area is 165 Å². The highest BCUT2D eigenvalue weighted by Crippen LogP contribution is 2.25. The van der Waals surface area contributed by atoms with E-state index in [0.29, 0.717) is 16.7 Å². The van der Waals surface area contributed by atoms with Crippen LogP contribution in [0.3, 0.4) is 0 Å². The van der Waals surface area contributed by atoms with Gasteiger partial charge in [0.15, 0.2) is 0 Å². The molecule has 140 valence electrons. The van der Waals surface area contributed by atoms with Gasteiger partial charge in [0.2, 0.25) is 5.95 Å². The van der Waals surface area contributed by atoms with Gasteiger partial charge in [0.1, 0.15) is 5.82 Å². The summed E-state index contributed by atoms with van der Waals surface area (Å²) >= 11 is 6.01. The molecule has 0 aliphatic rings. The van der Waals surface area contributed by atoms with Gasteiger partial charge in [-0.15, -0.1) is 0 Å². The molecule has 0 saturated heterocycles. The molecule has 3 aromatic rings. The SMILES string of the molecule is CCN(CC)c1cc(Cc2ccccc2)nc(Nc2ccc(Cl)c(N)c2)n1. The standard InChI is InChI=1S/C21H24ClN5/c1-3-27(4-2)20-14-17(12-15-8-6-5-7-9-15)25-21(26-20)24-16-10-11-18(22)19(23)13-16/h5-11,13-14H,3-4,12,23H2,1-2H3,(H,24,25,26). The van der Waals surface area contributed by atoms with Crippen LogP contribution >= 0.6 is 11.6 Å². The fourth-order valence-corrected chi connectivity index (χ4v) is 3.01. The van der Waals surface area contributed by atoms with E-state index in [1.807, 2.05) is 24.3 Å². The first-order valence-corrected chi connectivity index (χ1v) is 9.45. The topological polar surface area (TPSA) is 67.1 Å². The monoisotopic (exact) mass is 381 g/mol. The second kappa shape index (κ2) is 8.73. The number of hydrogen-bond donors (Lipinski definition) is 2. The van der Waals surface area contributed by atoms with Crippen molar-refractivity contribution in [2.24, 2.45) is 0 Å². The number of nitrogens with one attached hydrogen (secondary N) is 1. The third-order valence-electron chi connectivity index (χ3n) is 4.33. The molecule has 3 rings (SSSR count). The molecule has 0 atom stereocenters. The molecular weight excluding hydrogens is 358 g/mol. The zero-order valence-electron chi connectivity index (χ0n) is 15.6. The first-order chi connectivity index (χ1) is 13.1. The van der Waals surface area contributed by atoms with Crippen LogP contribution in [0.15, 0.2) is 54.6 Å². The van der Waals surface area contributed by atoms with Gasteiger partial charge in [-0.2, -0.15) is 4.98 Å². The van der Waals surface area contributed by atoms with Crippen molar-refractivity contribution < 1.29 is 0 Å². The van der Waals surface area contributed by atoms with Crippen molar-refractivity contribution in [1.82, 2.24) is 9.97 Å². The Morgan fingerprint density at radius 1 is 1.00 bits per heavy atom. The molecule has 2 aromatic carbocycles. The highest BCUT2D eigenvalue weighted by molar-refractivity contribution is 6.33. The van der Waals surface area contributed by atoms with Crippen LogP contribution < -0.4 is 16.0 Å². The van der Waals surface area contributed by atoms with Gasteiger partial charge in [-0.1, -0.05) is 41.9 Å². The van der Waals surface area contributed by atoms with Gasteiger partial charge in [0.25, 0.3) is 0 Å². The Kier molecular flexibility index (Phi) is 6.14. The number of nitrogen functional groups attached to an aromatic ring is 1. The summed E-state index contributed by atoms with van der Waals surface area (Å²) in [5.41, 5.74) is 9.40. The van der Waals surface area contributed by atoms with Crippen molar-refractivity contribution in [2.75, 3.05) is 29.0 Å². The van der Waals surface area contributed by atoms with E-state index in [1.54, 1.807) is 12.1 Å². The minimum atomic E-state index is 0.520. The van der Waals surface area contributed by atoms with Gasteiger partial charge >= 0.3 is 0 Å². The molecule has 0 amide bonds. The fourth-order valence-electron chi connectivity index (χ4n) is 2.89. The number of aromatic nitrogens is 2. The molecule has 0 aliphatic carbocycles. The summed E-state index contributed by atoms with van der Waals surface area (Å²) in [5.74, 6) is 1.46. The third-order valence-corrected chi connectivity index (χ3v) is 4.68. The van der Waals surface area contributed by atoms with Crippen molar-refractivity contribution in [2.45, 2.75) is 20.3 Å². The van der Waals surface area contributed by atoms with Crippen molar-refractivity contribution in [3.63, 3.8) is 0 Å².